The highest BCUT2D eigenvalue weighted by Gasteiger charge is 2.07. The third-order valence-electron chi connectivity index (χ3n) is 1.92. The molecule has 84 valence electrons. The summed E-state index contributed by atoms with van der Waals surface area (Å²) < 4.78 is 0. The Hall–Kier alpha value is -1.27. The van der Waals surface area contributed by atoms with Gasteiger partial charge in [-0.3, -0.25) is 4.79 Å². The van der Waals surface area contributed by atoms with Crippen LogP contribution in [0.4, 0.5) is 0 Å². The van der Waals surface area contributed by atoms with E-state index in [9.17, 15) is 4.79 Å². The molecule has 0 fully saturated rings. The summed E-state index contributed by atoms with van der Waals surface area (Å²) in [6.07, 6.45) is 2.40. The van der Waals surface area contributed by atoms with E-state index in [2.05, 4.69) is 15.3 Å². The Kier molecular flexibility index (Phi) is 3.63. The zero-order valence-electron chi connectivity index (χ0n) is 8.77. The van der Waals surface area contributed by atoms with Gasteiger partial charge in [-0.1, -0.05) is 0 Å². The predicted molar refractivity (Wildman–Crippen MR) is 65.0 cm³/mol. The minimum atomic E-state index is -0.108. The Balaban J connectivity index is 1.78. The maximum absolute atomic E-state index is 11.5. The van der Waals surface area contributed by atoms with Crippen LogP contribution in [-0.4, -0.2) is 22.4 Å². The highest BCUT2D eigenvalue weighted by atomic mass is 32.1. The number of carbonyl (C=O) groups excluding carboxylic acids is 1. The van der Waals surface area contributed by atoms with E-state index in [0.717, 1.165) is 17.1 Å². The fraction of sp³-hybridized carbons (Fsp3) is 0.300. The number of hydrogen-bond donors (Lipinski definition) is 1. The third kappa shape index (κ3) is 2.86. The van der Waals surface area contributed by atoms with Crippen molar-refractivity contribution in [3.05, 3.63) is 32.7 Å². The zero-order chi connectivity index (χ0) is 11.4. The highest BCUT2D eigenvalue weighted by Crippen LogP contribution is 2.09. The number of rotatable bonds is 4. The van der Waals surface area contributed by atoms with Crippen LogP contribution in [0.25, 0.3) is 0 Å². The van der Waals surface area contributed by atoms with Crippen LogP contribution in [0.5, 0.6) is 0 Å². The monoisotopic (exact) mass is 253 g/mol. The second kappa shape index (κ2) is 5.18. The molecule has 0 aliphatic carbocycles. The Bertz CT molecular complexity index is 464. The highest BCUT2D eigenvalue weighted by molar-refractivity contribution is 7.11. The van der Waals surface area contributed by atoms with E-state index in [-0.39, 0.29) is 5.91 Å². The number of thiazole rings is 2. The van der Waals surface area contributed by atoms with Crippen LogP contribution < -0.4 is 5.32 Å². The summed E-state index contributed by atoms with van der Waals surface area (Å²) in [5.41, 5.74) is 1.03. The first kappa shape index (κ1) is 11.2. The van der Waals surface area contributed by atoms with Gasteiger partial charge in [0.2, 0.25) is 0 Å². The summed E-state index contributed by atoms with van der Waals surface area (Å²) in [4.78, 5) is 19.8. The number of amides is 1. The second-order valence-corrected chi connectivity index (χ2v) is 5.06. The summed E-state index contributed by atoms with van der Waals surface area (Å²) in [6, 6.07) is 0. The summed E-state index contributed by atoms with van der Waals surface area (Å²) in [6.45, 7) is 2.57. The first-order valence-corrected chi connectivity index (χ1v) is 6.60. The molecular weight excluding hydrogens is 242 g/mol. The van der Waals surface area contributed by atoms with Gasteiger partial charge in [0.15, 0.2) is 5.01 Å². The van der Waals surface area contributed by atoms with E-state index in [0.29, 0.717) is 11.6 Å². The lowest BCUT2D eigenvalue weighted by molar-refractivity contribution is 0.0954. The maximum atomic E-state index is 11.5. The lowest BCUT2D eigenvalue weighted by Crippen LogP contribution is -2.25. The number of carbonyl (C=O) groups is 1. The van der Waals surface area contributed by atoms with Gasteiger partial charge in [-0.15, -0.1) is 22.7 Å². The standard InChI is InChI=1S/C10H11N3OS2/c1-7-6-16-8(13-7)2-3-11-9(14)10-12-4-5-15-10/h4-6H,2-3H2,1H3,(H,11,14). The van der Waals surface area contributed by atoms with Crippen molar-refractivity contribution in [2.24, 2.45) is 0 Å². The Morgan fingerprint density at radius 3 is 3.00 bits per heavy atom. The van der Waals surface area contributed by atoms with Crippen molar-refractivity contribution in [2.45, 2.75) is 13.3 Å². The average molecular weight is 253 g/mol. The first-order valence-electron chi connectivity index (χ1n) is 4.84. The molecule has 2 heterocycles. The summed E-state index contributed by atoms with van der Waals surface area (Å²) in [7, 11) is 0. The average Bonchev–Trinajstić information content (AvgIpc) is 2.89. The van der Waals surface area contributed by atoms with E-state index in [1.54, 1.807) is 22.9 Å². The number of aryl methyl sites for hydroxylation is 1. The molecule has 4 nitrogen and oxygen atoms in total. The molecule has 0 saturated heterocycles. The van der Waals surface area contributed by atoms with Crippen molar-refractivity contribution in [3.63, 3.8) is 0 Å². The molecule has 0 unspecified atom stereocenters. The van der Waals surface area contributed by atoms with Crippen molar-refractivity contribution in [3.8, 4) is 0 Å². The number of aromatic nitrogens is 2. The maximum Gasteiger partial charge on any atom is 0.280 e. The van der Waals surface area contributed by atoms with Gasteiger partial charge in [0.25, 0.3) is 5.91 Å². The normalized spacial score (nSPS) is 10.3. The lowest BCUT2D eigenvalue weighted by atomic mass is 10.4. The predicted octanol–water partition coefficient (Wildman–Crippen LogP) is 1.88. The topological polar surface area (TPSA) is 54.9 Å². The van der Waals surface area contributed by atoms with Crippen molar-refractivity contribution in [1.82, 2.24) is 15.3 Å². The van der Waals surface area contributed by atoms with Crippen molar-refractivity contribution in [2.75, 3.05) is 6.54 Å². The molecule has 0 aliphatic heterocycles. The lowest BCUT2D eigenvalue weighted by Gasteiger charge is -2.00. The molecule has 2 aromatic rings. The summed E-state index contributed by atoms with van der Waals surface area (Å²) in [5, 5.41) is 8.18. The van der Waals surface area contributed by atoms with E-state index in [4.69, 9.17) is 0 Å². The molecule has 0 bridgehead atoms. The van der Waals surface area contributed by atoms with Gasteiger partial charge in [0, 0.05) is 35.6 Å². The SMILES string of the molecule is Cc1csc(CCNC(=O)c2nccs2)n1. The number of hydrogen-bond acceptors (Lipinski definition) is 5. The fourth-order valence-electron chi connectivity index (χ4n) is 1.21. The molecule has 0 spiro atoms. The van der Waals surface area contributed by atoms with Crippen molar-refractivity contribution >= 4 is 28.6 Å². The molecule has 2 rings (SSSR count). The van der Waals surface area contributed by atoms with E-state index < -0.39 is 0 Å². The van der Waals surface area contributed by atoms with Crippen LogP contribution >= 0.6 is 22.7 Å². The van der Waals surface area contributed by atoms with Crippen molar-refractivity contribution in [1.29, 1.82) is 0 Å². The Labute approximate surface area is 101 Å². The van der Waals surface area contributed by atoms with Gasteiger partial charge >= 0.3 is 0 Å². The van der Waals surface area contributed by atoms with Crippen LogP contribution in [0.2, 0.25) is 0 Å². The molecular formula is C10H11N3OS2. The molecule has 0 saturated carbocycles. The van der Waals surface area contributed by atoms with E-state index in [1.807, 2.05) is 12.3 Å². The van der Waals surface area contributed by atoms with Gasteiger partial charge in [0.05, 0.1) is 5.01 Å². The molecule has 6 heteroatoms. The van der Waals surface area contributed by atoms with Gasteiger partial charge in [-0.25, -0.2) is 9.97 Å². The van der Waals surface area contributed by atoms with Crippen LogP contribution in [0.15, 0.2) is 17.0 Å². The molecule has 1 amide bonds. The second-order valence-electron chi connectivity index (χ2n) is 3.23. The van der Waals surface area contributed by atoms with Gasteiger partial charge in [-0.2, -0.15) is 0 Å². The van der Waals surface area contributed by atoms with Gasteiger partial charge in [0.1, 0.15) is 0 Å². The van der Waals surface area contributed by atoms with E-state index in [1.165, 1.54) is 11.3 Å². The number of nitrogens with one attached hydrogen (secondary N) is 1. The van der Waals surface area contributed by atoms with E-state index >= 15 is 0 Å². The largest absolute Gasteiger partial charge is 0.350 e. The zero-order valence-corrected chi connectivity index (χ0v) is 10.4. The number of nitrogens with zero attached hydrogens (tertiary/aromatic N) is 2. The van der Waals surface area contributed by atoms with Crippen LogP contribution in [0.3, 0.4) is 0 Å². The molecule has 2 aromatic heterocycles. The molecule has 0 aliphatic rings. The molecule has 0 atom stereocenters. The molecule has 16 heavy (non-hydrogen) atoms. The first-order chi connectivity index (χ1) is 7.75. The van der Waals surface area contributed by atoms with Crippen LogP contribution in [0, 0.1) is 6.92 Å². The molecule has 0 aromatic carbocycles. The molecule has 1 N–H and O–H groups in total. The van der Waals surface area contributed by atoms with Gasteiger partial charge in [-0.05, 0) is 6.92 Å². The van der Waals surface area contributed by atoms with Crippen LogP contribution in [0.1, 0.15) is 20.5 Å². The summed E-state index contributed by atoms with van der Waals surface area (Å²) >= 11 is 2.97. The van der Waals surface area contributed by atoms with Gasteiger partial charge < -0.3 is 5.32 Å². The minimum Gasteiger partial charge on any atom is -0.350 e. The third-order valence-corrected chi connectivity index (χ3v) is 3.72. The Morgan fingerprint density at radius 2 is 2.38 bits per heavy atom. The quantitative estimate of drug-likeness (QED) is 0.905. The summed E-state index contributed by atoms with van der Waals surface area (Å²) in [5.74, 6) is -0.108. The van der Waals surface area contributed by atoms with Crippen LogP contribution in [-0.2, 0) is 6.42 Å². The smallest absolute Gasteiger partial charge is 0.280 e. The Morgan fingerprint density at radius 1 is 1.50 bits per heavy atom. The fourth-order valence-corrected chi connectivity index (χ4v) is 2.54. The minimum absolute atomic E-state index is 0.108. The van der Waals surface area contributed by atoms with Crippen molar-refractivity contribution < 1.29 is 4.79 Å². The molecule has 0 radical (unpaired) electrons.